The Labute approximate surface area is 167 Å². The van der Waals surface area contributed by atoms with Crippen LogP contribution in [0.25, 0.3) is 0 Å². The third-order valence-electron chi connectivity index (χ3n) is 4.15. The first kappa shape index (κ1) is 20.4. The summed E-state index contributed by atoms with van der Waals surface area (Å²) in [5.74, 6) is -0.741. The number of sulfonamides is 1. The molecular weight excluding hydrogens is 399 g/mol. The van der Waals surface area contributed by atoms with Crippen LogP contribution in [0.15, 0.2) is 70.2 Å². The van der Waals surface area contributed by atoms with E-state index in [-0.39, 0.29) is 17.0 Å². The number of para-hydroxylation sites is 2. The summed E-state index contributed by atoms with van der Waals surface area (Å²) in [7, 11) is -2.92. The van der Waals surface area contributed by atoms with Crippen LogP contribution in [-0.2, 0) is 10.0 Å². The van der Waals surface area contributed by atoms with Crippen molar-refractivity contribution >= 4 is 21.6 Å². The first-order chi connectivity index (χ1) is 13.8. The lowest BCUT2D eigenvalue weighted by Crippen LogP contribution is -2.27. The van der Waals surface area contributed by atoms with Gasteiger partial charge in [-0.25, -0.2) is 12.8 Å². The predicted molar refractivity (Wildman–Crippen MR) is 105 cm³/mol. The van der Waals surface area contributed by atoms with Gasteiger partial charge in [0, 0.05) is 5.56 Å². The van der Waals surface area contributed by atoms with Crippen LogP contribution in [-0.4, -0.2) is 21.4 Å². The number of furan rings is 1. The van der Waals surface area contributed by atoms with Crippen molar-refractivity contribution in [2.75, 3.05) is 11.8 Å². The molecule has 0 fully saturated rings. The summed E-state index contributed by atoms with van der Waals surface area (Å²) >= 11 is 0. The third kappa shape index (κ3) is 4.57. The molecule has 0 aliphatic carbocycles. The highest BCUT2D eigenvalue weighted by Crippen LogP contribution is 2.27. The van der Waals surface area contributed by atoms with Crippen LogP contribution in [0.2, 0.25) is 0 Å². The topological polar surface area (TPSA) is 97.6 Å². The van der Waals surface area contributed by atoms with Gasteiger partial charge >= 0.3 is 0 Å². The number of methoxy groups -OCH3 is 1. The molecule has 0 saturated heterocycles. The van der Waals surface area contributed by atoms with Crippen molar-refractivity contribution in [2.45, 2.75) is 17.9 Å². The highest BCUT2D eigenvalue weighted by molar-refractivity contribution is 7.92. The summed E-state index contributed by atoms with van der Waals surface area (Å²) < 4.78 is 52.4. The fourth-order valence-corrected chi connectivity index (χ4v) is 3.84. The average Bonchev–Trinajstić information content (AvgIpc) is 3.23. The van der Waals surface area contributed by atoms with E-state index in [1.807, 2.05) is 0 Å². The number of carbonyl (C=O) groups excluding carboxylic acids is 1. The van der Waals surface area contributed by atoms with Crippen molar-refractivity contribution in [3.05, 3.63) is 78.0 Å². The number of ether oxygens (including phenoxy) is 1. The van der Waals surface area contributed by atoms with Crippen molar-refractivity contribution in [3.8, 4) is 5.75 Å². The van der Waals surface area contributed by atoms with Crippen LogP contribution in [0, 0.1) is 5.82 Å². The molecule has 0 spiro atoms. The third-order valence-corrected chi connectivity index (χ3v) is 5.53. The maximum absolute atomic E-state index is 14.3. The van der Waals surface area contributed by atoms with Gasteiger partial charge in [0.2, 0.25) is 0 Å². The first-order valence-corrected chi connectivity index (χ1v) is 10.1. The molecule has 7 nitrogen and oxygen atoms in total. The molecule has 3 aromatic rings. The number of benzene rings is 2. The quantitative estimate of drug-likeness (QED) is 0.609. The lowest BCUT2D eigenvalue weighted by molar-refractivity contribution is 0.0935. The molecular formula is C20H19FN2O5S. The summed E-state index contributed by atoms with van der Waals surface area (Å²) in [6.07, 6.45) is 1.48. The zero-order valence-corrected chi connectivity index (χ0v) is 16.5. The molecule has 1 aromatic heterocycles. The van der Waals surface area contributed by atoms with E-state index in [9.17, 15) is 17.6 Å². The molecule has 0 aliphatic heterocycles. The van der Waals surface area contributed by atoms with E-state index in [1.54, 1.807) is 37.3 Å². The van der Waals surface area contributed by atoms with Crippen molar-refractivity contribution in [2.24, 2.45) is 0 Å². The van der Waals surface area contributed by atoms with Gasteiger partial charge in [0.15, 0.2) is 0 Å². The SMILES string of the molecule is COc1ccccc1NS(=O)(=O)c1cc(C(=O)N[C@H](C)c2ccco2)ccc1F. The number of halogens is 1. The molecule has 0 unspecified atom stereocenters. The second-order valence-electron chi connectivity index (χ2n) is 6.16. The van der Waals surface area contributed by atoms with E-state index in [1.165, 1.54) is 25.5 Å². The molecule has 1 atom stereocenters. The van der Waals surface area contributed by atoms with Gasteiger partial charge in [-0.1, -0.05) is 12.1 Å². The fourth-order valence-electron chi connectivity index (χ4n) is 2.67. The summed E-state index contributed by atoms with van der Waals surface area (Å²) in [4.78, 5) is 11.8. The van der Waals surface area contributed by atoms with Gasteiger partial charge in [-0.05, 0) is 49.4 Å². The summed E-state index contributed by atoms with van der Waals surface area (Å²) in [6.45, 7) is 1.71. The summed E-state index contributed by atoms with van der Waals surface area (Å²) in [5.41, 5.74) is 0.140. The van der Waals surface area contributed by atoms with Crippen LogP contribution < -0.4 is 14.8 Å². The van der Waals surface area contributed by atoms with Crippen LogP contribution >= 0.6 is 0 Å². The number of hydrogen-bond donors (Lipinski definition) is 2. The molecule has 1 heterocycles. The normalized spacial score (nSPS) is 12.2. The van der Waals surface area contributed by atoms with Gasteiger partial charge in [-0.2, -0.15) is 0 Å². The first-order valence-electron chi connectivity index (χ1n) is 8.61. The van der Waals surface area contributed by atoms with Crippen molar-refractivity contribution in [3.63, 3.8) is 0 Å². The predicted octanol–water partition coefficient (Wildman–Crippen LogP) is 3.72. The van der Waals surface area contributed by atoms with E-state index in [4.69, 9.17) is 9.15 Å². The molecule has 0 radical (unpaired) electrons. The molecule has 0 saturated carbocycles. The molecule has 0 aliphatic rings. The molecule has 2 aromatic carbocycles. The fraction of sp³-hybridized carbons (Fsp3) is 0.150. The zero-order valence-electron chi connectivity index (χ0n) is 15.7. The van der Waals surface area contributed by atoms with Crippen LogP contribution in [0.4, 0.5) is 10.1 Å². The van der Waals surface area contributed by atoms with Gasteiger partial charge in [-0.15, -0.1) is 0 Å². The molecule has 0 bridgehead atoms. The second-order valence-corrected chi connectivity index (χ2v) is 7.81. The summed E-state index contributed by atoms with van der Waals surface area (Å²) in [6, 6.07) is 12.4. The Balaban J connectivity index is 1.87. The lowest BCUT2D eigenvalue weighted by Gasteiger charge is -2.14. The Morgan fingerprint density at radius 2 is 1.90 bits per heavy atom. The largest absolute Gasteiger partial charge is 0.495 e. The number of rotatable bonds is 7. The lowest BCUT2D eigenvalue weighted by atomic mass is 10.2. The molecule has 2 N–H and O–H groups in total. The number of hydrogen-bond acceptors (Lipinski definition) is 5. The Kier molecular flexibility index (Phi) is 5.88. The maximum Gasteiger partial charge on any atom is 0.264 e. The van der Waals surface area contributed by atoms with Gasteiger partial charge < -0.3 is 14.5 Å². The van der Waals surface area contributed by atoms with Gasteiger partial charge in [0.25, 0.3) is 15.9 Å². The zero-order chi connectivity index (χ0) is 21.0. The van der Waals surface area contributed by atoms with E-state index >= 15 is 0 Å². The van der Waals surface area contributed by atoms with Crippen LogP contribution in [0.3, 0.4) is 0 Å². The highest BCUT2D eigenvalue weighted by atomic mass is 32.2. The van der Waals surface area contributed by atoms with Crippen molar-refractivity contribution in [1.82, 2.24) is 5.32 Å². The highest BCUT2D eigenvalue weighted by Gasteiger charge is 2.23. The Bertz CT molecular complexity index is 1110. The van der Waals surface area contributed by atoms with E-state index in [0.717, 1.165) is 12.1 Å². The van der Waals surface area contributed by atoms with Crippen LogP contribution in [0.5, 0.6) is 5.75 Å². The molecule has 152 valence electrons. The number of nitrogens with one attached hydrogen (secondary N) is 2. The minimum absolute atomic E-state index is 0.00907. The summed E-state index contributed by atoms with van der Waals surface area (Å²) in [5, 5.41) is 2.67. The van der Waals surface area contributed by atoms with Gasteiger partial charge in [0.1, 0.15) is 22.2 Å². The Morgan fingerprint density at radius 3 is 2.59 bits per heavy atom. The second kappa shape index (κ2) is 8.36. The minimum Gasteiger partial charge on any atom is -0.495 e. The van der Waals surface area contributed by atoms with E-state index in [0.29, 0.717) is 5.76 Å². The number of anilines is 1. The Hall–Kier alpha value is -3.33. The smallest absolute Gasteiger partial charge is 0.264 e. The standard InChI is InChI=1S/C20H19FN2O5S/c1-13(17-8-5-11-28-17)22-20(24)14-9-10-15(21)19(12-14)29(25,26)23-16-6-3-4-7-18(16)27-2/h3-13,23H,1-2H3,(H,22,24)/t13-/m1/s1. The number of amides is 1. The van der Waals surface area contributed by atoms with Crippen molar-refractivity contribution < 1.29 is 26.8 Å². The monoisotopic (exact) mass is 418 g/mol. The Morgan fingerprint density at radius 1 is 1.14 bits per heavy atom. The van der Waals surface area contributed by atoms with Gasteiger partial charge in [-0.3, -0.25) is 9.52 Å². The minimum atomic E-state index is -4.31. The van der Waals surface area contributed by atoms with Crippen molar-refractivity contribution in [1.29, 1.82) is 0 Å². The average molecular weight is 418 g/mol. The van der Waals surface area contributed by atoms with Crippen LogP contribution in [0.1, 0.15) is 29.1 Å². The van der Waals surface area contributed by atoms with E-state index < -0.39 is 32.7 Å². The maximum atomic E-state index is 14.3. The molecule has 29 heavy (non-hydrogen) atoms. The number of carbonyl (C=O) groups is 1. The molecule has 1 amide bonds. The van der Waals surface area contributed by atoms with Gasteiger partial charge in [0.05, 0.1) is 25.1 Å². The molecule has 3 rings (SSSR count). The van der Waals surface area contributed by atoms with E-state index in [2.05, 4.69) is 10.0 Å². The molecule has 9 heteroatoms.